The second-order valence-corrected chi connectivity index (χ2v) is 10.4. The summed E-state index contributed by atoms with van der Waals surface area (Å²) in [5, 5.41) is 61.9. The number of methoxy groups -OCH3 is 2. The van der Waals surface area contributed by atoms with E-state index in [2.05, 4.69) is 0 Å². The number of hydrogen-bond donors (Lipinski definition) is 6. The van der Waals surface area contributed by atoms with E-state index in [0.29, 0.717) is 16.9 Å². The maximum absolute atomic E-state index is 13.3. The van der Waals surface area contributed by atoms with Crippen LogP contribution in [0.25, 0.3) is 22.1 Å². The van der Waals surface area contributed by atoms with Crippen LogP contribution in [0.2, 0.25) is 0 Å². The van der Waals surface area contributed by atoms with Crippen molar-refractivity contribution in [3.8, 4) is 28.4 Å². The van der Waals surface area contributed by atoms with Gasteiger partial charge in [0.15, 0.2) is 17.8 Å². The van der Waals surface area contributed by atoms with Crippen molar-refractivity contribution in [2.24, 2.45) is 0 Å². The van der Waals surface area contributed by atoms with E-state index in [1.165, 1.54) is 39.5 Å². The predicted molar refractivity (Wildman–Crippen MR) is 147 cm³/mol. The van der Waals surface area contributed by atoms with Crippen LogP contribution in [-0.2, 0) is 14.2 Å². The molecule has 2 aliphatic heterocycles. The van der Waals surface area contributed by atoms with E-state index >= 15 is 0 Å². The lowest BCUT2D eigenvalue weighted by Gasteiger charge is -2.42. The van der Waals surface area contributed by atoms with Crippen molar-refractivity contribution < 1.29 is 63.5 Å². The molecule has 10 atom stereocenters. The molecule has 0 spiro atoms. The number of hydrogen-bond acceptors (Lipinski definition) is 14. The summed E-state index contributed by atoms with van der Waals surface area (Å²) in [5.41, 5.74) is 0.726. The first-order valence-corrected chi connectivity index (χ1v) is 13.5. The molecular formula is C29H34O14. The van der Waals surface area contributed by atoms with Gasteiger partial charge in [-0.1, -0.05) is 12.1 Å². The molecule has 234 valence electrons. The fourth-order valence-corrected chi connectivity index (χ4v) is 4.98. The summed E-state index contributed by atoms with van der Waals surface area (Å²) >= 11 is 0. The summed E-state index contributed by atoms with van der Waals surface area (Å²) in [7, 11) is 2.88. The Bertz CT molecular complexity index is 1460. The van der Waals surface area contributed by atoms with Gasteiger partial charge in [0.2, 0.25) is 11.7 Å². The van der Waals surface area contributed by atoms with Crippen molar-refractivity contribution >= 4 is 11.0 Å². The van der Waals surface area contributed by atoms with Crippen LogP contribution < -0.4 is 19.6 Å². The second-order valence-electron chi connectivity index (χ2n) is 10.4. The summed E-state index contributed by atoms with van der Waals surface area (Å²) in [6, 6.07) is 9.66. The number of fused-ring (bicyclic) bond motifs is 1. The van der Waals surface area contributed by atoms with Gasteiger partial charge in [0.25, 0.3) is 0 Å². The Morgan fingerprint density at radius 1 is 0.767 bits per heavy atom. The molecule has 2 aliphatic rings. The molecule has 2 aromatic carbocycles. The molecule has 0 unspecified atom stereocenters. The fraction of sp³-hybridized carbons (Fsp3) is 0.483. The molecular weight excluding hydrogens is 572 g/mol. The van der Waals surface area contributed by atoms with E-state index in [1.54, 1.807) is 24.3 Å². The largest absolute Gasteiger partial charge is 0.497 e. The van der Waals surface area contributed by atoms with Crippen LogP contribution in [0.4, 0.5) is 0 Å². The van der Waals surface area contributed by atoms with Crippen LogP contribution >= 0.6 is 0 Å². The van der Waals surface area contributed by atoms with Crippen LogP contribution in [0.5, 0.6) is 17.2 Å². The van der Waals surface area contributed by atoms with Crippen molar-refractivity contribution in [2.75, 3.05) is 20.8 Å². The Kier molecular flexibility index (Phi) is 9.22. The number of aliphatic hydroxyl groups is 6. The van der Waals surface area contributed by atoms with Gasteiger partial charge in [0.05, 0.1) is 37.9 Å². The van der Waals surface area contributed by atoms with E-state index in [1.807, 2.05) is 0 Å². The van der Waals surface area contributed by atoms with Gasteiger partial charge in [-0.05, 0) is 30.7 Å². The van der Waals surface area contributed by atoms with Crippen molar-refractivity contribution in [1.29, 1.82) is 0 Å². The first-order valence-electron chi connectivity index (χ1n) is 13.5. The van der Waals surface area contributed by atoms with Gasteiger partial charge < -0.3 is 63.5 Å². The molecule has 5 rings (SSSR count). The third-order valence-electron chi connectivity index (χ3n) is 7.60. The molecule has 2 saturated heterocycles. The molecule has 1 aromatic heterocycles. The van der Waals surface area contributed by atoms with Crippen LogP contribution in [-0.4, -0.2) is 113 Å². The van der Waals surface area contributed by atoms with Crippen molar-refractivity contribution in [3.05, 3.63) is 52.9 Å². The van der Waals surface area contributed by atoms with E-state index in [9.17, 15) is 35.4 Å². The van der Waals surface area contributed by atoms with Gasteiger partial charge in [-0.15, -0.1) is 0 Å². The van der Waals surface area contributed by atoms with E-state index in [4.69, 9.17) is 32.8 Å². The number of benzene rings is 2. The predicted octanol–water partition coefficient (Wildman–Crippen LogP) is -0.492. The zero-order chi connectivity index (χ0) is 31.0. The zero-order valence-corrected chi connectivity index (χ0v) is 23.5. The fourth-order valence-electron chi connectivity index (χ4n) is 4.98. The van der Waals surface area contributed by atoms with Crippen LogP contribution in [0.3, 0.4) is 0 Å². The maximum Gasteiger partial charge on any atom is 0.229 e. The standard InChI is InChI=1S/C29H34O14/c1-12-21(30)24(33)26(35)28(41-12)40-11-20-23(32)25(34)27(36)29(43-20)42-19-9-17-15(8-18(19)38-3)22(31)16(10-39-17)13-4-6-14(37-2)7-5-13/h4-10,12,20-21,23-30,32-36H,11H2,1-3H3/t12-,20+,21+,23+,24+,25-,26+,27+,28+,29+/m0/s1. The molecule has 0 aliphatic carbocycles. The minimum Gasteiger partial charge on any atom is -0.497 e. The molecule has 0 saturated carbocycles. The van der Waals surface area contributed by atoms with Crippen LogP contribution in [0.15, 0.2) is 51.9 Å². The van der Waals surface area contributed by atoms with Gasteiger partial charge >= 0.3 is 0 Å². The van der Waals surface area contributed by atoms with E-state index in [-0.39, 0.29) is 27.9 Å². The second kappa shape index (κ2) is 12.7. The number of ether oxygens (including phenoxy) is 6. The van der Waals surface area contributed by atoms with Gasteiger partial charge in [-0.2, -0.15) is 0 Å². The lowest BCUT2D eigenvalue weighted by Crippen LogP contribution is -2.61. The summed E-state index contributed by atoms with van der Waals surface area (Å²) in [5.74, 6) is 0.722. The lowest BCUT2D eigenvalue weighted by atomic mass is 9.98. The van der Waals surface area contributed by atoms with E-state index in [0.717, 1.165) is 0 Å². The SMILES string of the molecule is COc1ccc(-c2coc3cc(O[C@@H]4O[C@H](CO[C@@H]5O[C@@H](C)[C@@H](O)[C@@H](O)[C@H]5O)[C@@H](O)[C@H](O)[C@H]4O)c(OC)cc3c2=O)cc1. The third kappa shape index (κ3) is 6.06. The normalized spacial score (nSPS) is 32.9. The average Bonchev–Trinajstić information content (AvgIpc) is 3.02. The Hall–Kier alpha value is -3.31. The van der Waals surface area contributed by atoms with Crippen LogP contribution in [0, 0.1) is 0 Å². The minimum absolute atomic E-state index is 0.000346. The van der Waals surface area contributed by atoms with Crippen molar-refractivity contribution in [1.82, 2.24) is 0 Å². The summed E-state index contributed by atoms with van der Waals surface area (Å²) in [6.45, 7) is 1.02. The van der Waals surface area contributed by atoms with Gasteiger partial charge in [0.1, 0.15) is 60.3 Å². The Morgan fingerprint density at radius 3 is 2.12 bits per heavy atom. The first kappa shape index (κ1) is 31.1. The van der Waals surface area contributed by atoms with Crippen LogP contribution in [0.1, 0.15) is 6.92 Å². The molecule has 3 aromatic rings. The first-order chi connectivity index (χ1) is 20.5. The monoisotopic (exact) mass is 606 g/mol. The Labute approximate surface area is 245 Å². The molecule has 43 heavy (non-hydrogen) atoms. The highest BCUT2D eigenvalue weighted by atomic mass is 16.7. The molecule has 14 nitrogen and oxygen atoms in total. The topological polar surface area (TPSA) is 207 Å². The quantitative estimate of drug-likeness (QED) is 0.191. The molecule has 0 radical (unpaired) electrons. The Balaban J connectivity index is 1.35. The van der Waals surface area contributed by atoms with Gasteiger partial charge in [-0.25, -0.2) is 0 Å². The smallest absolute Gasteiger partial charge is 0.229 e. The molecule has 0 amide bonds. The lowest BCUT2D eigenvalue weighted by molar-refractivity contribution is -0.318. The molecule has 0 bridgehead atoms. The highest BCUT2D eigenvalue weighted by molar-refractivity contribution is 5.84. The molecule has 14 heteroatoms. The van der Waals surface area contributed by atoms with Gasteiger partial charge in [0, 0.05) is 6.07 Å². The third-order valence-corrected chi connectivity index (χ3v) is 7.60. The number of aliphatic hydroxyl groups excluding tert-OH is 6. The van der Waals surface area contributed by atoms with Gasteiger partial charge in [-0.3, -0.25) is 4.79 Å². The maximum atomic E-state index is 13.3. The minimum atomic E-state index is -1.73. The molecule has 6 N–H and O–H groups in total. The summed E-state index contributed by atoms with van der Waals surface area (Å²) < 4.78 is 38.7. The Morgan fingerprint density at radius 2 is 1.44 bits per heavy atom. The summed E-state index contributed by atoms with van der Waals surface area (Å²) in [4.78, 5) is 13.3. The molecule has 3 heterocycles. The van der Waals surface area contributed by atoms with E-state index < -0.39 is 68.0 Å². The number of rotatable bonds is 8. The summed E-state index contributed by atoms with van der Waals surface area (Å²) in [6.07, 6.45) is -13.3. The van der Waals surface area contributed by atoms with Crippen molar-refractivity contribution in [3.63, 3.8) is 0 Å². The molecule has 2 fully saturated rings. The highest BCUT2D eigenvalue weighted by Crippen LogP contribution is 2.35. The zero-order valence-electron chi connectivity index (χ0n) is 23.5. The van der Waals surface area contributed by atoms with Crippen molar-refractivity contribution in [2.45, 2.75) is 68.3 Å². The average molecular weight is 607 g/mol. The highest BCUT2D eigenvalue weighted by Gasteiger charge is 2.47.